The number of amides is 1. The van der Waals surface area contributed by atoms with Gasteiger partial charge in [0.2, 0.25) is 0 Å². The van der Waals surface area contributed by atoms with Crippen LogP contribution in [0.4, 0.5) is 13.6 Å². The second kappa shape index (κ2) is 9.60. The summed E-state index contributed by atoms with van der Waals surface area (Å²) in [5.41, 5.74) is 2.73. The smallest absolute Gasteiger partial charge is 0.407 e. The molecule has 0 fully saturated rings. The van der Waals surface area contributed by atoms with Gasteiger partial charge in [-0.25, -0.2) is 18.4 Å². The Balaban J connectivity index is 1.41. The van der Waals surface area contributed by atoms with Crippen LogP contribution in [0.15, 0.2) is 75.9 Å². The number of nitrogens with one attached hydrogen (secondary N) is 1. The third kappa shape index (κ3) is 4.77. The average Bonchev–Trinajstić information content (AvgIpc) is 3.13. The number of aryl methyl sites for hydroxylation is 1. The van der Waals surface area contributed by atoms with Crippen molar-refractivity contribution in [3.8, 4) is 11.1 Å². The van der Waals surface area contributed by atoms with Crippen molar-refractivity contribution in [2.24, 2.45) is 0 Å². The molecule has 1 N–H and O–H groups in total. The highest BCUT2D eigenvalue weighted by molar-refractivity contribution is 5.90. The number of unbranched alkanes of at least 4 members (excludes halogenated alkanes) is 2. The number of benzene rings is 3. The Morgan fingerprint density at radius 3 is 2.41 bits per heavy atom. The molecule has 4 aromatic rings. The third-order valence-corrected chi connectivity index (χ3v) is 5.30. The maximum Gasteiger partial charge on any atom is 0.428 e. The van der Waals surface area contributed by atoms with Gasteiger partial charge in [0.25, 0.3) is 0 Å². The summed E-state index contributed by atoms with van der Waals surface area (Å²) in [5.74, 6) is -2.72. The first kappa shape index (κ1) is 21.5. The standard InChI is InChI=1S/C25H22F2N2O3/c26-20-12-10-18(15-21(20)27)19-11-13-23-22(16-19)29(25(31)32-23)24(30)28-14-6-2-5-9-17-7-3-1-4-8-17/h1,3-4,7-8,10-13,15-16H,2,5-6,9,14H2,(H,28,30). The predicted octanol–water partition coefficient (Wildman–Crippen LogP) is 5.51. The Morgan fingerprint density at radius 2 is 1.62 bits per heavy atom. The van der Waals surface area contributed by atoms with Gasteiger partial charge in [-0.1, -0.05) is 48.9 Å². The molecular weight excluding hydrogens is 414 g/mol. The number of oxazole rings is 1. The molecule has 0 saturated heterocycles. The van der Waals surface area contributed by atoms with Crippen molar-refractivity contribution in [3.63, 3.8) is 0 Å². The highest BCUT2D eigenvalue weighted by atomic mass is 19.2. The Bertz CT molecular complexity index is 1300. The molecule has 5 nitrogen and oxygen atoms in total. The molecule has 0 radical (unpaired) electrons. The summed E-state index contributed by atoms with van der Waals surface area (Å²) in [7, 11) is 0. The number of hydrogen-bond donors (Lipinski definition) is 1. The molecule has 0 aliphatic carbocycles. The van der Waals surface area contributed by atoms with E-state index in [4.69, 9.17) is 4.42 Å². The number of rotatable bonds is 7. The molecule has 0 spiro atoms. The van der Waals surface area contributed by atoms with Gasteiger partial charge in [-0.15, -0.1) is 0 Å². The van der Waals surface area contributed by atoms with Crippen molar-refractivity contribution >= 4 is 17.1 Å². The lowest BCUT2D eigenvalue weighted by molar-refractivity contribution is 0.241. The first-order valence-electron chi connectivity index (χ1n) is 10.5. The molecule has 32 heavy (non-hydrogen) atoms. The SMILES string of the molecule is O=C(NCCCCCc1ccccc1)n1c(=O)oc2ccc(-c3ccc(F)c(F)c3)cc21. The summed E-state index contributed by atoms with van der Waals surface area (Å²) in [6.45, 7) is 0.426. The molecule has 0 atom stereocenters. The molecule has 1 heterocycles. The van der Waals surface area contributed by atoms with Crippen molar-refractivity contribution in [1.29, 1.82) is 0 Å². The monoisotopic (exact) mass is 436 g/mol. The van der Waals surface area contributed by atoms with Gasteiger partial charge in [-0.3, -0.25) is 0 Å². The van der Waals surface area contributed by atoms with E-state index in [1.54, 1.807) is 12.1 Å². The summed E-state index contributed by atoms with van der Waals surface area (Å²) in [5, 5.41) is 2.75. The van der Waals surface area contributed by atoms with Crippen LogP contribution in [0.2, 0.25) is 0 Å². The zero-order valence-electron chi connectivity index (χ0n) is 17.3. The Kier molecular flexibility index (Phi) is 6.44. The summed E-state index contributed by atoms with van der Waals surface area (Å²) in [6, 6.07) is 17.8. The van der Waals surface area contributed by atoms with Crippen molar-refractivity contribution in [3.05, 3.63) is 94.5 Å². The van der Waals surface area contributed by atoms with Gasteiger partial charge in [0.05, 0.1) is 0 Å². The molecule has 0 bridgehead atoms. The van der Waals surface area contributed by atoms with Crippen molar-refractivity contribution in [1.82, 2.24) is 9.88 Å². The molecule has 0 unspecified atom stereocenters. The maximum atomic E-state index is 13.6. The summed E-state index contributed by atoms with van der Waals surface area (Å²) in [4.78, 5) is 24.9. The van der Waals surface area contributed by atoms with E-state index in [9.17, 15) is 18.4 Å². The minimum absolute atomic E-state index is 0.236. The number of nitrogens with zero attached hydrogens (tertiary/aromatic N) is 1. The average molecular weight is 436 g/mol. The third-order valence-electron chi connectivity index (χ3n) is 5.30. The van der Waals surface area contributed by atoms with E-state index in [1.165, 1.54) is 17.7 Å². The number of aromatic nitrogens is 1. The molecule has 0 aliphatic heterocycles. The van der Waals surface area contributed by atoms with Gasteiger partial charge in [0.1, 0.15) is 5.52 Å². The molecule has 4 rings (SSSR count). The van der Waals surface area contributed by atoms with Gasteiger partial charge in [-0.05, 0) is 60.2 Å². The quantitative estimate of drug-likeness (QED) is 0.389. The van der Waals surface area contributed by atoms with E-state index in [2.05, 4.69) is 17.4 Å². The number of fused-ring (bicyclic) bond motifs is 1. The second-order valence-electron chi connectivity index (χ2n) is 7.54. The first-order valence-corrected chi connectivity index (χ1v) is 10.5. The molecule has 0 saturated carbocycles. The molecule has 7 heteroatoms. The number of carbonyl (C=O) groups is 1. The van der Waals surface area contributed by atoms with Gasteiger partial charge >= 0.3 is 11.8 Å². The van der Waals surface area contributed by atoms with Crippen LogP contribution in [0.5, 0.6) is 0 Å². The fourth-order valence-corrected chi connectivity index (χ4v) is 3.61. The molecule has 1 aromatic heterocycles. The maximum absolute atomic E-state index is 13.6. The topological polar surface area (TPSA) is 64.2 Å². The van der Waals surface area contributed by atoms with Crippen LogP contribution in [-0.4, -0.2) is 17.1 Å². The first-order chi connectivity index (χ1) is 15.5. The minimum atomic E-state index is -0.975. The van der Waals surface area contributed by atoms with Crippen LogP contribution >= 0.6 is 0 Å². The number of carbonyl (C=O) groups excluding carboxylic acids is 1. The van der Waals surface area contributed by atoms with E-state index in [-0.39, 0.29) is 11.1 Å². The van der Waals surface area contributed by atoms with E-state index >= 15 is 0 Å². The highest BCUT2D eigenvalue weighted by Gasteiger charge is 2.17. The Labute approximate surface area is 183 Å². The number of halogens is 2. The van der Waals surface area contributed by atoms with Gasteiger partial charge in [0.15, 0.2) is 17.2 Å². The Morgan fingerprint density at radius 1 is 0.875 bits per heavy atom. The van der Waals surface area contributed by atoms with Crippen LogP contribution in [0.25, 0.3) is 22.2 Å². The van der Waals surface area contributed by atoms with Gasteiger partial charge < -0.3 is 9.73 Å². The van der Waals surface area contributed by atoms with Gasteiger partial charge in [-0.2, -0.15) is 4.57 Å². The molecule has 1 amide bonds. The lowest BCUT2D eigenvalue weighted by atomic mass is 10.0. The van der Waals surface area contributed by atoms with Crippen molar-refractivity contribution in [2.75, 3.05) is 6.54 Å². The zero-order valence-corrected chi connectivity index (χ0v) is 17.3. The van der Waals surface area contributed by atoms with Crippen LogP contribution in [0.3, 0.4) is 0 Å². The summed E-state index contributed by atoms with van der Waals surface area (Å²) < 4.78 is 32.9. The van der Waals surface area contributed by atoms with E-state index < -0.39 is 23.4 Å². The lowest BCUT2D eigenvalue weighted by Gasteiger charge is -2.07. The number of hydrogen-bond acceptors (Lipinski definition) is 3. The Hall–Kier alpha value is -3.74. The van der Waals surface area contributed by atoms with Crippen molar-refractivity contribution < 1.29 is 18.0 Å². The second-order valence-corrected chi connectivity index (χ2v) is 7.54. The summed E-state index contributed by atoms with van der Waals surface area (Å²) >= 11 is 0. The molecule has 3 aromatic carbocycles. The minimum Gasteiger partial charge on any atom is -0.407 e. The van der Waals surface area contributed by atoms with Gasteiger partial charge in [0, 0.05) is 6.54 Å². The van der Waals surface area contributed by atoms with Crippen LogP contribution in [0.1, 0.15) is 24.8 Å². The lowest BCUT2D eigenvalue weighted by Crippen LogP contribution is -2.34. The summed E-state index contributed by atoms with van der Waals surface area (Å²) in [6.07, 6.45) is 3.71. The van der Waals surface area contributed by atoms with Crippen molar-refractivity contribution in [2.45, 2.75) is 25.7 Å². The van der Waals surface area contributed by atoms with E-state index in [0.29, 0.717) is 17.7 Å². The molecule has 0 aliphatic rings. The normalized spacial score (nSPS) is 11.1. The molecule has 164 valence electrons. The van der Waals surface area contributed by atoms with E-state index in [1.807, 2.05) is 18.2 Å². The molecular formula is C25H22F2N2O3. The zero-order chi connectivity index (χ0) is 22.5. The predicted molar refractivity (Wildman–Crippen MR) is 119 cm³/mol. The largest absolute Gasteiger partial charge is 0.428 e. The van der Waals surface area contributed by atoms with Crippen LogP contribution in [0, 0.1) is 11.6 Å². The fraction of sp³-hybridized carbons (Fsp3) is 0.200. The fourth-order valence-electron chi connectivity index (χ4n) is 3.61. The van der Waals surface area contributed by atoms with E-state index in [0.717, 1.165) is 42.4 Å². The van der Waals surface area contributed by atoms with Crippen LogP contribution in [-0.2, 0) is 6.42 Å². The highest BCUT2D eigenvalue weighted by Crippen LogP contribution is 2.25. The van der Waals surface area contributed by atoms with Crippen LogP contribution < -0.4 is 11.1 Å².